The molecule has 0 aromatic carbocycles. The molecule has 108 valence electrons. The number of aryl methyl sites for hydroxylation is 1. The van der Waals surface area contributed by atoms with Gasteiger partial charge in [-0.15, -0.1) is 10.2 Å². The normalized spacial score (nSPS) is 16.9. The average Bonchev–Trinajstić information content (AvgIpc) is 2.82. The summed E-state index contributed by atoms with van der Waals surface area (Å²) in [6.45, 7) is 7.82. The number of nitrogens with one attached hydrogen (secondary N) is 1. The SMILES string of the molecule is COCc1cc(CN2CCNCC2)cc2nnc(C)n12. The van der Waals surface area contributed by atoms with E-state index in [2.05, 4.69) is 36.9 Å². The van der Waals surface area contributed by atoms with Gasteiger partial charge in [0.05, 0.1) is 12.3 Å². The molecule has 6 heteroatoms. The summed E-state index contributed by atoms with van der Waals surface area (Å²) in [5, 5.41) is 11.8. The Morgan fingerprint density at radius 2 is 2.05 bits per heavy atom. The molecule has 2 aromatic rings. The van der Waals surface area contributed by atoms with Crippen LogP contribution in [-0.2, 0) is 17.9 Å². The molecule has 1 N–H and O–H groups in total. The molecule has 3 heterocycles. The van der Waals surface area contributed by atoms with Gasteiger partial charge in [-0.25, -0.2) is 0 Å². The molecular weight excluding hydrogens is 254 g/mol. The van der Waals surface area contributed by atoms with Gasteiger partial charge in [0.2, 0.25) is 0 Å². The Morgan fingerprint density at radius 3 is 2.80 bits per heavy atom. The fraction of sp³-hybridized carbons (Fsp3) is 0.571. The first-order valence-corrected chi connectivity index (χ1v) is 7.03. The fourth-order valence-corrected chi connectivity index (χ4v) is 2.79. The van der Waals surface area contributed by atoms with Crippen molar-refractivity contribution < 1.29 is 4.74 Å². The van der Waals surface area contributed by atoms with Crippen LogP contribution in [0.25, 0.3) is 5.65 Å². The van der Waals surface area contributed by atoms with Crippen LogP contribution in [0.15, 0.2) is 12.1 Å². The number of rotatable bonds is 4. The molecule has 1 saturated heterocycles. The first-order valence-electron chi connectivity index (χ1n) is 7.03. The standard InChI is InChI=1S/C14H21N5O/c1-11-16-17-14-8-12(7-13(10-20-2)19(11)14)9-18-5-3-15-4-6-18/h7-8,15H,3-6,9-10H2,1-2H3. The average molecular weight is 275 g/mol. The van der Waals surface area contributed by atoms with Gasteiger partial charge < -0.3 is 10.1 Å². The van der Waals surface area contributed by atoms with E-state index in [1.165, 1.54) is 5.56 Å². The number of hydrogen-bond acceptors (Lipinski definition) is 5. The number of aromatic nitrogens is 3. The number of piperazine rings is 1. The Labute approximate surface area is 118 Å². The predicted molar refractivity (Wildman–Crippen MR) is 76.6 cm³/mol. The zero-order valence-corrected chi connectivity index (χ0v) is 12.1. The van der Waals surface area contributed by atoms with Crippen molar-refractivity contribution in [3.05, 3.63) is 29.2 Å². The molecule has 1 aliphatic rings. The lowest BCUT2D eigenvalue weighted by Crippen LogP contribution is -2.42. The molecule has 0 atom stereocenters. The second-order valence-electron chi connectivity index (χ2n) is 5.25. The molecule has 0 aliphatic carbocycles. The first-order chi connectivity index (χ1) is 9.78. The van der Waals surface area contributed by atoms with Crippen molar-refractivity contribution in [3.63, 3.8) is 0 Å². The third-order valence-corrected chi connectivity index (χ3v) is 3.71. The van der Waals surface area contributed by atoms with E-state index >= 15 is 0 Å². The minimum Gasteiger partial charge on any atom is -0.378 e. The molecule has 0 unspecified atom stereocenters. The molecule has 6 nitrogen and oxygen atoms in total. The highest BCUT2D eigenvalue weighted by Crippen LogP contribution is 2.15. The molecular formula is C14H21N5O. The van der Waals surface area contributed by atoms with Crippen molar-refractivity contribution in [2.75, 3.05) is 33.3 Å². The van der Waals surface area contributed by atoms with Gasteiger partial charge in [-0.05, 0) is 24.6 Å². The molecule has 2 aromatic heterocycles. The number of methoxy groups -OCH3 is 1. The summed E-state index contributed by atoms with van der Waals surface area (Å²) in [5.74, 6) is 0.903. The maximum absolute atomic E-state index is 5.31. The van der Waals surface area contributed by atoms with Gasteiger partial charge in [-0.3, -0.25) is 9.30 Å². The molecule has 3 rings (SSSR count). The van der Waals surface area contributed by atoms with Gasteiger partial charge in [0.25, 0.3) is 0 Å². The van der Waals surface area contributed by atoms with E-state index in [9.17, 15) is 0 Å². The van der Waals surface area contributed by atoms with Crippen LogP contribution in [0.4, 0.5) is 0 Å². The van der Waals surface area contributed by atoms with E-state index < -0.39 is 0 Å². The number of hydrogen-bond donors (Lipinski definition) is 1. The van der Waals surface area contributed by atoms with E-state index in [1.54, 1.807) is 7.11 Å². The molecule has 1 aliphatic heterocycles. The van der Waals surface area contributed by atoms with Gasteiger partial charge in [-0.2, -0.15) is 0 Å². The summed E-state index contributed by atoms with van der Waals surface area (Å²) in [5.41, 5.74) is 3.29. The minimum atomic E-state index is 0.574. The monoisotopic (exact) mass is 275 g/mol. The number of nitrogens with zero attached hydrogens (tertiary/aromatic N) is 4. The summed E-state index contributed by atoms with van der Waals surface area (Å²) < 4.78 is 7.37. The van der Waals surface area contributed by atoms with Crippen molar-refractivity contribution in [1.82, 2.24) is 24.8 Å². The summed E-state index contributed by atoms with van der Waals surface area (Å²) in [6, 6.07) is 4.33. The van der Waals surface area contributed by atoms with Crippen molar-refractivity contribution in [1.29, 1.82) is 0 Å². The summed E-state index contributed by atoms with van der Waals surface area (Å²) >= 11 is 0. The second kappa shape index (κ2) is 5.87. The molecule has 0 bridgehead atoms. The van der Waals surface area contributed by atoms with Gasteiger partial charge in [0, 0.05) is 39.8 Å². The Morgan fingerprint density at radius 1 is 1.25 bits per heavy atom. The molecule has 0 spiro atoms. The van der Waals surface area contributed by atoms with Gasteiger partial charge >= 0.3 is 0 Å². The lowest BCUT2D eigenvalue weighted by molar-refractivity contribution is 0.180. The second-order valence-corrected chi connectivity index (χ2v) is 5.25. The topological polar surface area (TPSA) is 54.7 Å². The Kier molecular flexibility index (Phi) is 3.95. The van der Waals surface area contributed by atoms with Crippen molar-refractivity contribution in [3.8, 4) is 0 Å². The van der Waals surface area contributed by atoms with Crippen molar-refractivity contribution in [2.45, 2.75) is 20.1 Å². The minimum absolute atomic E-state index is 0.574. The zero-order valence-electron chi connectivity index (χ0n) is 12.1. The van der Waals surface area contributed by atoms with Crippen LogP contribution < -0.4 is 5.32 Å². The molecule has 1 fully saturated rings. The Balaban J connectivity index is 1.90. The van der Waals surface area contributed by atoms with Gasteiger partial charge in [0.15, 0.2) is 5.65 Å². The number of ether oxygens (including phenoxy) is 1. The van der Waals surface area contributed by atoms with Crippen LogP contribution in [0.5, 0.6) is 0 Å². The van der Waals surface area contributed by atoms with Gasteiger partial charge in [-0.1, -0.05) is 0 Å². The number of fused-ring (bicyclic) bond motifs is 1. The first kappa shape index (κ1) is 13.5. The van der Waals surface area contributed by atoms with Crippen LogP contribution in [0, 0.1) is 6.92 Å². The van der Waals surface area contributed by atoms with E-state index in [0.29, 0.717) is 6.61 Å². The lowest BCUT2D eigenvalue weighted by Gasteiger charge is -2.27. The summed E-state index contributed by atoms with van der Waals surface area (Å²) in [7, 11) is 1.72. The Bertz CT molecular complexity index is 589. The summed E-state index contributed by atoms with van der Waals surface area (Å²) in [6.07, 6.45) is 0. The quantitative estimate of drug-likeness (QED) is 0.885. The third-order valence-electron chi connectivity index (χ3n) is 3.71. The largest absolute Gasteiger partial charge is 0.378 e. The van der Waals surface area contributed by atoms with Crippen molar-refractivity contribution >= 4 is 5.65 Å². The van der Waals surface area contributed by atoms with Crippen molar-refractivity contribution in [2.24, 2.45) is 0 Å². The molecule has 0 amide bonds. The van der Waals surface area contributed by atoms with Gasteiger partial charge in [0.1, 0.15) is 5.82 Å². The molecule has 0 radical (unpaired) electrons. The van der Waals surface area contributed by atoms with Crippen LogP contribution >= 0.6 is 0 Å². The smallest absolute Gasteiger partial charge is 0.161 e. The van der Waals surface area contributed by atoms with E-state index in [-0.39, 0.29) is 0 Å². The summed E-state index contributed by atoms with van der Waals surface area (Å²) in [4.78, 5) is 2.46. The predicted octanol–water partition coefficient (Wildman–Crippen LogP) is 0.589. The lowest BCUT2D eigenvalue weighted by atomic mass is 10.2. The number of pyridine rings is 1. The maximum atomic E-state index is 5.31. The third kappa shape index (κ3) is 2.67. The van der Waals surface area contributed by atoms with E-state index in [4.69, 9.17) is 4.74 Å². The van der Waals surface area contributed by atoms with Crippen LogP contribution in [0.3, 0.4) is 0 Å². The fourth-order valence-electron chi connectivity index (χ4n) is 2.79. The molecule has 20 heavy (non-hydrogen) atoms. The van der Waals surface area contributed by atoms with Crippen LogP contribution in [0.2, 0.25) is 0 Å². The van der Waals surface area contributed by atoms with Crippen LogP contribution in [-0.4, -0.2) is 52.8 Å². The maximum Gasteiger partial charge on any atom is 0.161 e. The Hall–Kier alpha value is -1.50. The highest BCUT2D eigenvalue weighted by Gasteiger charge is 2.13. The van der Waals surface area contributed by atoms with E-state index in [1.807, 2.05) is 6.92 Å². The highest BCUT2D eigenvalue weighted by atomic mass is 16.5. The highest BCUT2D eigenvalue weighted by molar-refractivity contribution is 5.43. The zero-order chi connectivity index (χ0) is 13.9. The van der Waals surface area contributed by atoms with Crippen LogP contribution in [0.1, 0.15) is 17.1 Å². The van der Waals surface area contributed by atoms with E-state index in [0.717, 1.165) is 49.9 Å². The molecule has 0 saturated carbocycles.